The molecule has 1 fully saturated rings. The number of thiazole rings is 1. The van der Waals surface area contributed by atoms with Crippen molar-refractivity contribution in [3.63, 3.8) is 0 Å². The van der Waals surface area contributed by atoms with Crippen molar-refractivity contribution in [2.45, 2.75) is 32.9 Å². The molecule has 1 aliphatic rings. The third-order valence-electron chi connectivity index (χ3n) is 3.20. The van der Waals surface area contributed by atoms with Gasteiger partial charge in [0.1, 0.15) is 9.88 Å². The van der Waals surface area contributed by atoms with Gasteiger partial charge in [0, 0.05) is 13.1 Å². The lowest BCUT2D eigenvalue weighted by atomic mass is 10.1. The molecule has 1 atom stereocenters. The molecule has 1 aromatic rings. The van der Waals surface area contributed by atoms with E-state index in [0.717, 1.165) is 18.0 Å². The van der Waals surface area contributed by atoms with E-state index in [1.54, 1.807) is 13.1 Å². The highest BCUT2D eigenvalue weighted by Crippen LogP contribution is 2.19. The minimum atomic E-state index is -0.334. The first-order valence-corrected chi connectivity index (χ1v) is 7.61. The summed E-state index contributed by atoms with van der Waals surface area (Å²) in [5.74, 6) is -0.263. The first kappa shape index (κ1) is 14.9. The summed E-state index contributed by atoms with van der Waals surface area (Å²) >= 11 is 1.33. The average Bonchev–Trinajstić information content (AvgIpc) is 2.88. The molecule has 2 heterocycles. The molecule has 1 saturated heterocycles. The van der Waals surface area contributed by atoms with E-state index < -0.39 is 0 Å². The summed E-state index contributed by atoms with van der Waals surface area (Å²) < 4.78 is 4.94. The first-order valence-electron chi connectivity index (χ1n) is 6.79. The maximum absolute atomic E-state index is 11.8. The summed E-state index contributed by atoms with van der Waals surface area (Å²) in [6.07, 6.45) is 2.31. The number of carbonyl (C=O) groups excluding carboxylic acids is 2. The third-order valence-corrected chi connectivity index (χ3v) is 4.16. The molecule has 0 saturated carbocycles. The average molecular weight is 297 g/mol. The van der Waals surface area contributed by atoms with Crippen molar-refractivity contribution >= 4 is 23.2 Å². The van der Waals surface area contributed by atoms with Crippen molar-refractivity contribution in [3.05, 3.63) is 16.1 Å². The maximum Gasteiger partial charge on any atom is 0.349 e. The molecule has 1 aliphatic heterocycles. The van der Waals surface area contributed by atoms with Crippen LogP contribution in [0.5, 0.6) is 0 Å². The molecule has 20 heavy (non-hydrogen) atoms. The van der Waals surface area contributed by atoms with Crippen LogP contribution < -0.4 is 5.32 Å². The van der Waals surface area contributed by atoms with Gasteiger partial charge in [0.05, 0.1) is 25.4 Å². The Bertz CT molecular complexity index is 489. The highest BCUT2D eigenvalue weighted by atomic mass is 32.1. The van der Waals surface area contributed by atoms with Gasteiger partial charge in [-0.2, -0.15) is 0 Å². The smallest absolute Gasteiger partial charge is 0.349 e. The second-order valence-electron chi connectivity index (χ2n) is 4.52. The van der Waals surface area contributed by atoms with Crippen LogP contribution in [0.15, 0.2) is 6.20 Å². The Morgan fingerprint density at radius 3 is 3.10 bits per heavy atom. The monoisotopic (exact) mass is 297 g/mol. The molecule has 0 spiro atoms. The number of esters is 1. The number of rotatable bonds is 5. The van der Waals surface area contributed by atoms with Crippen molar-refractivity contribution in [1.29, 1.82) is 0 Å². The number of ether oxygens (including phenoxy) is 1. The predicted molar refractivity (Wildman–Crippen MR) is 75.6 cm³/mol. The van der Waals surface area contributed by atoms with E-state index >= 15 is 0 Å². The van der Waals surface area contributed by atoms with E-state index in [1.807, 2.05) is 6.92 Å². The van der Waals surface area contributed by atoms with Crippen LogP contribution >= 0.6 is 11.3 Å². The Balaban J connectivity index is 2.02. The van der Waals surface area contributed by atoms with Crippen LogP contribution in [0.1, 0.15) is 34.9 Å². The molecule has 0 aliphatic carbocycles. The highest BCUT2D eigenvalue weighted by molar-refractivity contribution is 7.13. The zero-order chi connectivity index (χ0) is 14.5. The largest absolute Gasteiger partial charge is 0.462 e. The number of piperazine rings is 1. The van der Waals surface area contributed by atoms with Gasteiger partial charge in [-0.05, 0) is 13.3 Å². The van der Waals surface area contributed by atoms with Crippen molar-refractivity contribution in [2.24, 2.45) is 0 Å². The minimum Gasteiger partial charge on any atom is -0.462 e. The van der Waals surface area contributed by atoms with Gasteiger partial charge in [0.2, 0.25) is 5.91 Å². The van der Waals surface area contributed by atoms with Crippen molar-refractivity contribution in [3.8, 4) is 0 Å². The molecule has 1 aromatic heterocycles. The quantitative estimate of drug-likeness (QED) is 0.822. The molecule has 2 rings (SSSR count). The molecule has 7 heteroatoms. The third kappa shape index (κ3) is 3.34. The van der Waals surface area contributed by atoms with Gasteiger partial charge in [-0.15, -0.1) is 11.3 Å². The van der Waals surface area contributed by atoms with Crippen LogP contribution in [0, 0.1) is 0 Å². The fraction of sp³-hybridized carbons (Fsp3) is 0.615. The van der Waals surface area contributed by atoms with Crippen LogP contribution in [0.4, 0.5) is 0 Å². The lowest BCUT2D eigenvalue weighted by molar-refractivity contribution is -0.129. The Labute approximate surface area is 122 Å². The van der Waals surface area contributed by atoms with Crippen molar-refractivity contribution in [2.75, 3.05) is 19.7 Å². The molecule has 0 radical (unpaired) electrons. The van der Waals surface area contributed by atoms with E-state index in [0.29, 0.717) is 24.6 Å². The van der Waals surface area contributed by atoms with Gasteiger partial charge < -0.3 is 10.1 Å². The van der Waals surface area contributed by atoms with E-state index in [4.69, 9.17) is 4.74 Å². The molecule has 1 N–H and O–H groups in total. The normalized spacial score (nSPS) is 19.7. The van der Waals surface area contributed by atoms with Crippen LogP contribution in [0.2, 0.25) is 0 Å². The number of amides is 1. The van der Waals surface area contributed by atoms with E-state index in [1.165, 1.54) is 11.3 Å². The predicted octanol–water partition coefficient (Wildman–Crippen LogP) is 1.03. The van der Waals surface area contributed by atoms with Crippen LogP contribution in [-0.4, -0.2) is 47.5 Å². The lowest BCUT2D eigenvalue weighted by Gasteiger charge is -2.33. The Morgan fingerprint density at radius 2 is 2.40 bits per heavy atom. The fourth-order valence-electron chi connectivity index (χ4n) is 2.25. The van der Waals surface area contributed by atoms with E-state index in [-0.39, 0.29) is 17.9 Å². The number of hydrogen-bond donors (Lipinski definition) is 1. The molecular weight excluding hydrogens is 278 g/mol. The van der Waals surface area contributed by atoms with E-state index in [9.17, 15) is 9.59 Å². The summed E-state index contributed by atoms with van der Waals surface area (Å²) in [6.45, 7) is 6.18. The molecular formula is C13H19N3O3S. The van der Waals surface area contributed by atoms with Gasteiger partial charge in [-0.25, -0.2) is 9.78 Å². The van der Waals surface area contributed by atoms with E-state index in [2.05, 4.69) is 15.2 Å². The SMILES string of the molecule is CCOC(=O)c1cnc(CN2CCNC(=O)C2CC)s1. The minimum absolute atomic E-state index is 0.0703. The van der Waals surface area contributed by atoms with Crippen LogP contribution in [-0.2, 0) is 16.1 Å². The maximum atomic E-state index is 11.8. The Hall–Kier alpha value is -1.47. The number of nitrogens with zero attached hydrogens (tertiary/aromatic N) is 2. The summed E-state index contributed by atoms with van der Waals surface area (Å²) in [5, 5.41) is 3.70. The van der Waals surface area contributed by atoms with Gasteiger partial charge >= 0.3 is 5.97 Å². The molecule has 0 aromatic carbocycles. The fourth-order valence-corrected chi connectivity index (χ4v) is 3.09. The van der Waals surface area contributed by atoms with Gasteiger partial charge in [0.25, 0.3) is 0 Å². The summed E-state index contributed by atoms with van der Waals surface area (Å²) in [4.78, 5) is 30.2. The molecule has 1 amide bonds. The van der Waals surface area contributed by atoms with Gasteiger partial charge in [-0.3, -0.25) is 9.69 Å². The highest BCUT2D eigenvalue weighted by Gasteiger charge is 2.28. The number of nitrogens with one attached hydrogen (secondary N) is 1. The zero-order valence-corrected chi connectivity index (χ0v) is 12.5. The summed E-state index contributed by atoms with van der Waals surface area (Å²) in [5.41, 5.74) is 0. The molecule has 110 valence electrons. The Morgan fingerprint density at radius 1 is 1.60 bits per heavy atom. The van der Waals surface area contributed by atoms with Gasteiger partial charge in [-0.1, -0.05) is 6.92 Å². The number of hydrogen-bond acceptors (Lipinski definition) is 6. The standard InChI is InChI=1S/C13H19N3O3S/c1-3-9-12(17)14-5-6-16(9)8-11-15-7-10(20-11)13(18)19-4-2/h7,9H,3-6,8H2,1-2H3,(H,14,17). The van der Waals surface area contributed by atoms with Crippen molar-refractivity contribution in [1.82, 2.24) is 15.2 Å². The second kappa shape index (κ2) is 6.81. The Kier molecular flexibility index (Phi) is 5.08. The summed E-state index contributed by atoms with van der Waals surface area (Å²) in [6, 6.07) is -0.112. The number of aromatic nitrogens is 1. The molecule has 0 bridgehead atoms. The summed E-state index contributed by atoms with van der Waals surface area (Å²) in [7, 11) is 0. The van der Waals surface area contributed by atoms with Gasteiger partial charge in [0.15, 0.2) is 0 Å². The number of carbonyl (C=O) groups is 2. The lowest BCUT2D eigenvalue weighted by Crippen LogP contribution is -2.54. The van der Waals surface area contributed by atoms with Crippen molar-refractivity contribution < 1.29 is 14.3 Å². The second-order valence-corrected chi connectivity index (χ2v) is 5.64. The first-order chi connectivity index (χ1) is 9.65. The topological polar surface area (TPSA) is 71.5 Å². The van der Waals surface area contributed by atoms with Crippen LogP contribution in [0.3, 0.4) is 0 Å². The zero-order valence-electron chi connectivity index (χ0n) is 11.7. The molecule has 6 nitrogen and oxygen atoms in total. The molecule has 1 unspecified atom stereocenters. The van der Waals surface area contributed by atoms with Crippen LogP contribution in [0.25, 0.3) is 0 Å².